The lowest BCUT2D eigenvalue weighted by Crippen LogP contribution is -2.29. The van der Waals surface area contributed by atoms with Crippen LogP contribution in [0.2, 0.25) is 0 Å². The molecule has 30 heavy (non-hydrogen) atoms. The summed E-state index contributed by atoms with van der Waals surface area (Å²) in [6.07, 6.45) is 3.11. The van der Waals surface area contributed by atoms with Crippen molar-refractivity contribution in [3.8, 4) is 0 Å². The zero-order chi connectivity index (χ0) is 21.3. The van der Waals surface area contributed by atoms with Gasteiger partial charge in [-0.1, -0.05) is 24.3 Å². The molecule has 1 saturated heterocycles. The molecule has 2 heterocycles. The zero-order valence-electron chi connectivity index (χ0n) is 15.6. The number of rotatable bonds is 4. The summed E-state index contributed by atoms with van der Waals surface area (Å²) >= 11 is 0. The molecule has 0 saturated carbocycles. The second-order valence-corrected chi connectivity index (χ2v) is 6.82. The van der Waals surface area contributed by atoms with E-state index in [-0.39, 0.29) is 23.2 Å². The average Bonchev–Trinajstić information content (AvgIpc) is 3.00. The molecule has 4 rings (SSSR count). The number of pyridine rings is 1. The molecular weight excluding hydrogens is 390 g/mol. The molecule has 3 aromatic rings. The normalized spacial score (nSPS) is 18.1. The minimum Gasteiger partial charge on any atom is -0.507 e. The fourth-order valence-electron chi connectivity index (χ4n) is 3.51. The Bertz CT molecular complexity index is 1140. The van der Waals surface area contributed by atoms with Gasteiger partial charge in [-0.25, -0.2) is 8.78 Å². The Morgan fingerprint density at radius 2 is 1.73 bits per heavy atom. The van der Waals surface area contributed by atoms with Crippen molar-refractivity contribution in [2.24, 2.45) is 0 Å². The Kier molecular flexibility index (Phi) is 5.10. The highest BCUT2D eigenvalue weighted by molar-refractivity contribution is 6.46. The Balaban J connectivity index is 1.88. The zero-order valence-corrected chi connectivity index (χ0v) is 15.6. The van der Waals surface area contributed by atoms with Crippen molar-refractivity contribution in [3.63, 3.8) is 0 Å². The number of hydrogen-bond donors (Lipinski definition) is 1. The fraction of sp³-hybridized carbons (Fsp3) is 0.0870. The second kappa shape index (κ2) is 7.87. The van der Waals surface area contributed by atoms with Gasteiger partial charge in [0.1, 0.15) is 17.4 Å². The maximum atomic E-state index is 14.7. The molecule has 1 aromatic heterocycles. The molecule has 150 valence electrons. The molecule has 1 aliphatic rings. The van der Waals surface area contributed by atoms with Gasteiger partial charge in [0.15, 0.2) is 0 Å². The second-order valence-electron chi connectivity index (χ2n) is 6.82. The van der Waals surface area contributed by atoms with E-state index in [9.17, 15) is 23.5 Å². The summed E-state index contributed by atoms with van der Waals surface area (Å²) < 4.78 is 28.0. The maximum Gasteiger partial charge on any atom is 0.295 e. The number of amides is 1. The van der Waals surface area contributed by atoms with Crippen molar-refractivity contribution in [1.29, 1.82) is 0 Å². The Labute approximate surface area is 170 Å². The minimum atomic E-state index is -1.14. The molecule has 1 atom stereocenters. The van der Waals surface area contributed by atoms with Gasteiger partial charge in [-0.2, -0.15) is 0 Å². The van der Waals surface area contributed by atoms with E-state index in [1.807, 2.05) is 0 Å². The van der Waals surface area contributed by atoms with Crippen molar-refractivity contribution in [1.82, 2.24) is 9.88 Å². The van der Waals surface area contributed by atoms with Gasteiger partial charge in [0.25, 0.3) is 11.7 Å². The van der Waals surface area contributed by atoms with Crippen LogP contribution in [0.3, 0.4) is 0 Å². The largest absolute Gasteiger partial charge is 0.507 e. The van der Waals surface area contributed by atoms with Gasteiger partial charge in [-0.15, -0.1) is 0 Å². The van der Waals surface area contributed by atoms with E-state index < -0.39 is 35.1 Å². The summed E-state index contributed by atoms with van der Waals surface area (Å²) in [6.45, 7) is -0.00237. The Morgan fingerprint density at radius 3 is 2.40 bits per heavy atom. The molecule has 0 unspecified atom stereocenters. The van der Waals surface area contributed by atoms with Gasteiger partial charge in [-0.3, -0.25) is 14.6 Å². The third-order valence-electron chi connectivity index (χ3n) is 4.93. The fourth-order valence-corrected chi connectivity index (χ4v) is 3.51. The molecule has 0 bridgehead atoms. The van der Waals surface area contributed by atoms with Crippen LogP contribution in [0.25, 0.3) is 5.76 Å². The quantitative estimate of drug-likeness (QED) is 0.404. The standard InChI is InChI=1S/C23H16F2N2O3/c24-16-9-7-15(8-10-16)21(28)19-20(17-5-1-2-6-18(17)25)27(23(30)22(19)29)13-14-4-3-11-26-12-14/h1-12,20,28H,13H2/b21-19+/t20-/m0/s1. The topological polar surface area (TPSA) is 70.5 Å². The summed E-state index contributed by atoms with van der Waals surface area (Å²) in [5.41, 5.74) is 0.615. The maximum absolute atomic E-state index is 14.7. The van der Waals surface area contributed by atoms with Crippen LogP contribution in [0.15, 0.2) is 78.6 Å². The van der Waals surface area contributed by atoms with Crippen LogP contribution in [0.4, 0.5) is 8.78 Å². The molecule has 0 radical (unpaired) electrons. The summed E-state index contributed by atoms with van der Waals surface area (Å²) in [5, 5.41) is 10.8. The van der Waals surface area contributed by atoms with Crippen molar-refractivity contribution in [3.05, 3.63) is 107 Å². The number of aliphatic hydroxyl groups is 1. The first-order valence-electron chi connectivity index (χ1n) is 9.15. The molecule has 1 amide bonds. The third kappa shape index (κ3) is 3.45. The Hall–Kier alpha value is -3.87. The number of nitrogens with zero attached hydrogens (tertiary/aromatic N) is 2. The highest BCUT2D eigenvalue weighted by Crippen LogP contribution is 2.41. The third-order valence-corrected chi connectivity index (χ3v) is 4.93. The highest BCUT2D eigenvalue weighted by atomic mass is 19.1. The number of carbonyl (C=O) groups is 2. The van der Waals surface area contributed by atoms with Crippen molar-refractivity contribution >= 4 is 17.4 Å². The number of benzene rings is 2. The van der Waals surface area contributed by atoms with Crippen LogP contribution < -0.4 is 0 Å². The van der Waals surface area contributed by atoms with Crippen molar-refractivity contribution in [2.45, 2.75) is 12.6 Å². The summed E-state index contributed by atoms with van der Waals surface area (Å²) in [5.74, 6) is -3.43. The predicted octanol–water partition coefficient (Wildman–Crippen LogP) is 3.98. The number of halogens is 2. The number of Topliss-reactive ketones (excluding diaryl/α,β-unsaturated/α-hetero) is 1. The lowest BCUT2D eigenvalue weighted by Gasteiger charge is -2.25. The number of carbonyl (C=O) groups excluding carboxylic acids is 2. The number of aliphatic hydroxyl groups excluding tert-OH is 1. The van der Waals surface area contributed by atoms with E-state index in [2.05, 4.69) is 4.98 Å². The van der Waals surface area contributed by atoms with E-state index in [4.69, 9.17) is 0 Å². The number of hydrogen-bond acceptors (Lipinski definition) is 4. The summed E-state index contributed by atoms with van der Waals surface area (Å²) in [7, 11) is 0. The monoisotopic (exact) mass is 406 g/mol. The van der Waals surface area contributed by atoms with Gasteiger partial charge < -0.3 is 10.0 Å². The van der Waals surface area contributed by atoms with Gasteiger partial charge in [-0.05, 0) is 42.0 Å². The van der Waals surface area contributed by atoms with Gasteiger partial charge in [0, 0.05) is 30.1 Å². The molecular formula is C23H16F2N2O3. The van der Waals surface area contributed by atoms with E-state index in [1.54, 1.807) is 24.4 Å². The number of likely N-dealkylation sites (tertiary alicyclic amines) is 1. The highest BCUT2D eigenvalue weighted by Gasteiger charge is 2.46. The molecule has 0 aliphatic carbocycles. The van der Waals surface area contributed by atoms with Gasteiger partial charge in [0.2, 0.25) is 0 Å². The van der Waals surface area contributed by atoms with E-state index in [0.29, 0.717) is 5.56 Å². The molecule has 5 nitrogen and oxygen atoms in total. The first-order valence-corrected chi connectivity index (χ1v) is 9.15. The van der Waals surface area contributed by atoms with Crippen LogP contribution in [-0.2, 0) is 16.1 Å². The van der Waals surface area contributed by atoms with Crippen LogP contribution in [0.1, 0.15) is 22.7 Å². The molecule has 1 aliphatic heterocycles. The molecule has 2 aromatic carbocycles. The number of aromatic nitrogens is 1. The van der Waals surface area contributed by atoms with Crippen molar-refractivity contribution < 1.29 is 23.5 Å². The molecule has 1 N–H and O–H groups in total. The van der Waals surface area contributed by atoms with Gasteiger partial charge in [0.05, 0.1) is 11.6 Å². The van der Waals surface area contributed by atoms with E-state index in [1.165, 1.54) is 41.4 Å². The lowest BCUT2D eigenvalue weighted by atomic mass is 9.95. The smallest absolute Gasteiger partial charge is 0.295 e. The van der Waals surface area contributed by atoms with Crippen LogP contribution in [-0.4, -0.2) is 26.7 Å². The lowest BCUT2D eigenvalue weighted by molar-refractivity contribution is -0.140. The van der Waals surface area contributed by atoms with E-state index >= 15 is 0 Å². The van der Waals surface area contributed by atoms with E-state index in [0.717, 1.165) is 12.1 Å². The summed E-state index contributed by atoms with van der Waals surface area (Å²) in [6, 6.07) is 12.8. The Morgan fingerprint density at radius 1 is 1.00 bits per heavy atom. The molecule has 0 spiro atoms. The predicted molar refractivity (Wildman–Crippen MR) is 105 cm³/mol. The first kappa shape index (κ1) is 19.4. The van der Waals surface area contributed by atoms with Crippen LogP contribution in [0.5, 0.6) is 0 Å². The molecule has 7 heteroatoms. The van der Waals surface area contributed by atoms with Crippen LogP contribution in [0, 0.1) is 11.6 Å². The minimum absolute atomic E-state index is 0.00237. The number of ketones is 1. The average molecular weight is 406 g/mol. The van der Waals surface area contributed by atoms with Crippen LogP contribution >= 0.6 is 0 Å². The molecule has 1 fully saturated rings. The summed E-state index contributed by atoms with van der Waals surface area (Å²) in [4.78, 5) is 30.9. The van der Waals surface area contributed by atoms with Gasteiger partial charge >= 0.3 is 0 Å². The SMILES string of the molecule is O=C1C(=O)N(Cc2cccnc2)[C@@H](c2ccccc2F)/C1=C(\O)c1ccc(F)cc1. The first-order chi connectivity index (χ1) is 14.5. The van der Waals surface area contributed by atoms with Crippen molar-refractivity contribution in [2.75, 3.05) is 0 Å².